The first-order valence-corrected chi connectivity index (χ1v) is 5.32. The first-order chi connectivity index (χ1) is 6.90. The fourth-order valence-corrected chi connectivity index (χ4v) is 1.97. The van der Waals surface area contributed by atoms with Crippen LogP contribution in [0.15, 0.2) is 18.2 Å². The van der Waals surface area contributed by atoms with Gasteiger partial charge in [-0.1, -0.05) is 18.2 Å². The molecule has 0 atom stereocenters. The highest BCUT2D eigenvalue weighted by molar-refractivity contribution is 5.33. The highest BCUT2D eigenvalue weighted by Gasteiger charge is 2.08. The molecule has 1 heterocycles. The minimum absolute atomic E-state index is 0.287. The lowest BCUT2D eigenvalue weighted by Crippen LogP contribution is -2.23. The Balaban J connectivity index is 2.12. The third-order valence-corrected chi connectivity index (χ3v) is 2.78. The average molecular weight is 191 g/mol. The third kappa shape index (κ3) is 2.14. The molecule has 1 aliphatic rings. The van der Waals surface area contributed by atoms with E-state index in [2.05, 4.69) is 23.5 Å². The molecule has 1 aromatic carbocycles. The molecule has 2 nitrogen and oxygen atoms in total. The Bertz CT molecular complexity index is 309. The minimum Gasteiger partial charge on any atom is -0.396 e. The summed E-state index contributed by atoms with van der Waals surface area (Å²) in [4.78, 5) is 0. The smallest absolute Gasteiger partial charge is 0.0434 e. The van der Waals surface area contributed by atoms with E-state index in [0.29, 0.717) is 0 Å². The first kappa shape index (κ1) is 9.69. The predicted molar refractivity (Wildman–Crippen MR) is 57.3 cm³/mol. The van der Waals surface area contributed by atoms with Gasteiger partial charge in [0.2, 0.25) is 0 Å². The van der Waals surface area contributed by atoms with Gasteiger partial charge in [0.1, 0.15) is 0 Å². The van der Waals surface area contributed by atoms with Crippen molar-refractivity contribution in [3.05, 3.63) is 34.9 Å². The maximum Gasteiger partial charge on any atom is 0.0434 e. The van der Waals surface area contributed by atoms with E-state index >= 15 is 0 Å². The standard InChI is InChI=1S/C12H17NO/c14-7-1-2-10-3-4-11-5-6-13-9-12(11)8-10/h3-4,8,13-14H,1-2,5-7,9H2. The molecule has 2 heteroatoms. The van der Waals surface area contributed by atoms with Gasteiger partial charge in [0.05, 0.1) is 0 Å². The molecule has 0 spiro atoms. The average Bonchev–Trinajstić information content (AvgIpc) is 2.26. The summed E-state index contributed by atoms with van der Waals surface area (Å²) in [6.45, 7) is 2.39. The molecule has 0 unspecified atom stereocenters. The number of aliphatic hydroxyl groups is 1. The van der Waals surface area contributed by atoms with E-state index in [0.717, 1.165) is 32.4 Å². The van der Waals surface area contributed by atoms with Gasteiger partial charge in [-0.25, -0.2) is 0 Å². The molecule has 14 heavy (non-hydrogen) atoms. The van der Waals surface area contributed by atoms with Crippen LogP contribution in [0.3, 0.4) is 0 Å². The third-order valence-electron chi connectivity index (χ3n) is 2.78. The lowest BCUT2D eigenvalue weighted by atomic mass is 9.97. The Hall–Kier alpha value is -0.860. The minimum atomic E-state index is 0.287. The molecule has 2 rings (SSSR count). The number of hydrogen-bond acceptors (Lipinski definition) is 2. The molecule has 0 saturated heterocycles. The zero-order valence-corrected chi connectivity index (χ0v) is 8.42. The lowest BCUT2D eigenvalue weighted by Gasteiger charge is -2.17. The highest BCUT2D eigenvalue weighted by atomic mass is 16.2. The number of rotatable bonds is 3. The summed E-state index contributed by atoms with van der Waals surface area (Å²) in [5.74, 6) is 0. The summed E-state index contributed by atoms with van der Waals surface area (Å²) in [7, 11) is 0. The summed E-state index contributed by atoms with van der Waals surface area (Å²) in [5.41, 5.74) is 4.27. The molecule has 0 aromatic heterocycles. The van der Waals surface area contributed by atoms with Crippen LogP contribution in [0.25, 0.3) is 0 Å². The van der Waals surface area contributed by atoms with Gasteiger partial charge in [-0.15, -0.1) is 0 Å². The SMILES string of the molecule is OCCCc1ccc2c(c1)CNCC2. The van der Waals surface area contributed by atoms with Crippen LogP contribution >= 0.6 is 0 Å². The number of hydrogen-bond donors (Lipinski definition) is 2. The van der Waals surface area contributed by atoms with E-state index in [1.807, 2.05) is 0 Å². The van der Waals surface area contributed by atoms with Crippen LogP contribution in [0.4, 0.5) is 0 Å². The highest BCUT2D eigenvalue weighted by Crippen LogP contribution is 2.16. The van der Waals surface area contributed by atoms with Crippen LogP contribution in [0, 0.1) is 0 Å². The van der Waals surface area contributed by atoms with E-state index in [-0.39, 0.29) is 6.61 Å². The molecule has 2 N–H and O–H groups in total. The van der Waals surface area contributed by atoms with Crippen LogP contribution in [-0.2, 0) is 19.4 Å². The van der Waals surface area contributed by atoms with Gasteiger partial charge < -0.3 is 10.4 Å². The molecular weight excluding hydrogens is 174 g/mol. The van der Waals surface area contributed by atoms with Gasteiger partial charge in [-0.2, -0.15) is 0 Å². The Labute approximate surface area is 85.0 Å². The van der Waals surface area contributed by atoms with Gasteiger partial charge in [-0.3, -0.25) is 0 Å². The summed E-state index contributed by atoms with van der Waals surface area (Å²) in [6, 6.07) is 6.71. The van der Waals surface area contributed by atoms with Crippen molar-refractivity contribution >= 4 is 0 Å². The molecule has 0 fully saturated rings. The Kier molecular flexibility index (Phi) is 3.17. The molecule has 0 radical (unpaired) electrons. The maximum atomic E-state index is 8.75. The van der Waals surface area contributed by atoms with E-state index in [4.69, 9.17) is 5.11 Å². The largest absolute Gasteiger partial charge is 0.396 e. The van der Waals surface area contributed by atoms with Crippen LogP contribution in [0.2, 0.25) is 0 Å². The summed E-state index contributed by atoms with van der Waals surface area (Å²) in [6.07, 6.45) is 3.01. The number of aliphatic hydroxyl groups excluding tert-OH is 1. The van der Waals surface area contributed by atoms with Crippen LogP contribution in [0.1, 0.15) is 23.1 Å². The molecule has 1 aliphatic heterocycles. The van der Waals surface area contributed by atoms with Gasteiger partial charge in [0.15, 0.2) is 0 Å². The molecule has 0 aliphatic carbocycles. The zero-order chi connectivity index (χ0) is 9.80. The fourth-order valence-electron chi connectivity index (χ4n) is 1.97. The fraction of sp³-hybridized carbons (Fsp3) is 0.500. The van der Waals surface area contributed by atoms with Gasteiger partial charge >= 0.3 is 0 Å². The van der Waals surface area contributed by atoms with Crippen molar-refractivity contribution < 1.29 is 5.11 Å². The second-order valence-corrected chi connectivity index (χ2v) is 3.86. The van der Waals surface area contributed by atoms with Crippen LogP contribution < -0.4 is 5.32 Å². The van der Waals surface area contributed by atoms with Gasteiger partial charge in [-0.05, 0) is 42.5 Å². The second-order valence-electron chi connectivity index (χ2n) is 3.86. The summed E-state index contributed by atoms with van der Waals surface area (Å²) < 4.78 is 0. The second kappa shape index (κ2) is 4.58. The van der Waals surface area contributed by atoms with Crippen molar-refractivity contribution in [2.75, 3.05) is 13.2 Å². The van der Waals surface area contributed by atoms with Crippen LogP contribution in [-0.4, -0.2) is 18.3 Å². The van der Waals surface area contributed by atoms with Crippen LogP contribution in [0.5, 0.6) is 0 Å². The molecule has 0 amide bonds. The van der Waals surface area contributed by atoms with Crippen molar-refractivity contribution in [2.45, 2.75) is 25.8 Å². The van der Waals surface area contributed by atoms with Gasteiger partial charge in [0.25, 0.3) is 0 Å². The van der Waals surface area contributed by atoms with Crippen molar-refractivity contribution in [1.29, 1.82) is 0 Å². The van der Waals surface area contributed by atoms with E-state index < -0.39 is 0 Å². The van der Waals surface area contributed by atoms with E-state index in [9.17, 15) is 0 Å². The molecular formula is C12H17NO. The Morgan fingerprint density at radius 1 is 1.29 bits per heavy atom. The zero-order valence-electron chi connectivity index (χ0n) is 8.42. The molecule has 1 aromatic rings. The topological polar surface area (TPSA) is 32.3 Å². The van der Waals surface area contributed by atoms with E-state index in [1.54, 1.807) is 0 Å². The van der Waals surface area contributed by atoms with E-state index in [1.165, 1.54) is 16.7 Å². The predicted octanol–water partition coefficient (Wildman–Crippen LogP) is 1.26. The number of fused-ring (bicyclic) bond motifs is 1. The number of nitrogens with one attached hydrogen (secondary N) is 1. The number of aryl methyl sites for hydroxylation is 1. The lowest BCUT2D eigenvalue weighted by molar-refractivity contribution is 0.288. The monoisotopic (exact) mass is 191 g/mol. The van der Waals surface area contributed by atoms with Crippen molar-refractivity contribution in [1.82, 2.24) is 5.32 Å². The Morgan fingerprint density at radius 2 is 2.21 bits per heavy atom. The van der Waals surface area contributed by atoms with Crippen molar-refractivity contribution in [3.8, 4) is 0 Å². The van der Waals surface area contributed by atoms with Crippen molar-refractivity contribution in [3.63, 3.8) is 0 Å². The number of benzene rings is 1. The summed E-state index contributed by atoms with van der Waals surface area (Å²) >= 11 is 0. The quantitative estimate of drug-likeness (QED) is 0.754. The molecule has 0 bridgehead atoms. The molecule has 76 valence electrons. The first-order valence-electron chi connectivity index (χ1n) is 5.32. The Morgan fingerprint density at radius 3 is 3.07 bits per heavy atom. The van der Waals surface area contributed by atoms with Crippen molar-refractivity contribution in [2.24, 2.45) is 0 Å². The van der Waals surface area contributed by atoms with Gasteiger partial charge in [0, 0.05) is 13.2 Å². The summed E-state index contributed by atoms with van der Waals surface area (Å²) in [5, 5.41) is 12.1. The maximum absolute atomic E-state index is 8.75. The molecule has 0 saturated carbocycles. The normalized spacial score (nSPS) is 15.2.